The van der Waals surface area contributed by atoms with Gasteiger partial charge in [-0.25, -0.2) is 9.98 Å². The average Bonchev–Trinajstić information content (AvgIpc) is 3.08. The van der Waals surface area contributed by atoms with Crippen LogP contribution in [0, 0.1) is 11.8 Å². The van der Waals surface area contributed by atoms with Crippen LogP contribution in [0.15, 0.2) is 4.99 Å². The smallest absolute Gasteiger partial charge is 0.280 e. The highest BCUT2D eigenvalue weighted by atomic mass is 16.2. The number of hydrogen-bond acceptors (Lipinski definition) is 4. The number of carbonyl (C=O) groups excluding carboxylic acids is 1. The molecule has 0 radical (unpaired) electrons. The van der Waals surface area contributed by atoms with Crippen LogP contribution < -0.4 is 4.90 Å². The van der Waals surface area contributed by atoms with Crippen molar-refractivity contribution in [2.24, 2.45) is 16.8 Å². The number of carbonyl (C=O) groups is 1. The van der Waals surface area contributed by atoms with Gasteiger partial charge in [0.15, 0.2) is 5.82 Å². The summed E-state index contributed by atoms with van der Waals surface area (Å²) in [6.07, 6.45) is 3.14. The summed E-state index contributed by atoms with van der Waals surface area (Å²) in [6.45, 7) is 9.58. The Hall–Kier alpha value is -1.85. The molecule has 126 valence electrons. The van der Waals surface area contributed by atoms with E-state index < -0.39 is 0 Å². The minimum absolute atomic E-state index is 0.0398. The van der Waals surface area contributed by atoms with Crippen molar-refractivity contribution in [3.8, 4) is 0 Å². The molecule has 1 aromatic rings. The molecule has 0 saturated carbocycles. The van der Waals surface area contributed by atoms with Crippen LogP contribution in [-0.2, 0) is 6.42 Å². The summed E-state index contributed by atoms with van der Waals surface area (Å²) in [5.74, 6) is 3.51. The number of aromatic amines is 1. The third-order valence-corrected chi connectivity index (χ3v) is 4.66. The first-order valence-corrected chi connectivity index (χ1v) is 8.60. The van der Waals surface area contributed by atoms with Gasteiger partial charge >= 0.3 is 0 Å². The Bertz CT molecular complexity index is 631. The molecule has 1 aromatic heterocycles. The maximum atomic E-state index is 12.6. The van der Waals surface area contributed by atoms with E-state index in [2.05, 4.69) is 37.6 Å². The fraction of sp³-hybridized carbons (Fsp3) is 0.706. The number of H-pyrrole nitrogens is 1. The Kier molecular flexibility index (Phi) is 4.17. The molecular weight excluding hydrogens is 290 g/mol. The number of amides is 1. The van der Waals surface area contributed by atoms with Gasteiger partial charge in [-0.2, -0.15) is 0 Å². The van der Waals surface area contributed by atoms with Crippen LogP contribution in [-0.4, -0.2) is 46.4 Å². The number of fused-ring (bicyclic) bond motifs is 3. The van der Waals surface area contributed by atoms with Gasteiger partial charge in [0.05, 0.1) is 12.6 Å². The van der Waals surface area contributed by atoms with Crippen LogP contribution in [0.1, 0.15) is 56.8 Å². The highest BCUT2D eigenvalue weighted by Gasteiger charge is 2.41. The van der Waals surface area contributed by atoms with Crippen molar-refractivity contribution in [1.29, 1.82) is 0 Å². The van der Waals surface area contributed by atoms with Gasteiger partial charge in [-0.1, -0.05) is 34.1 Å². The third kappa shape index (κ3) is 2.86. The minimum Gasteiger partial charge on any atom is -0.336 e. The van der Waals surface area contributed by atoms with Crippen molar-refractivity contribution in [2.75, 3.05) is 18.5 Å². The Balaban J connectivity index is 1.85. The molecule has 1 unspecified atom stereocenters. The molecule has 6 heteroatoms. The fourth-order valence-electron chi connectivity index (χ4n) is 3.15. The van der Waals surface area contributed by atoms with Gasteiger partial charge in [0, 0.05) is 13.5 Å². The Morgan fingerprint density at radius 2 is 2.04 bits per heavy atom. The van der Waals surface area contributed by atoms with E-state index in [1.807, 2.05) is 0 Å². The van der Waals surface area contributed by atoms with Crippen molar-refractivity contribution in [3.05, 3.63) is 11.5 Å². The summed E-state index contributed by atoms with van der Waals surface area (Å²) in [6, 6.07) is 0.215. The van der Waals surface area contributed by atoms with E-state index in [1.165, 1.54) is 6.42 Å². The number of aromatic nitrogens is 2. The molecule has 0 aliphatic carbocycles. The molecule has 0 bridgehead atoms. The number of nitrogens with one attached hydrogen (secondary N) is 1. The van der Waals surface area contributed by atoms with Gasteiger partial charge in [-0.3, -0.25) is 14.6 Å². The van der Waals surface area contributed by atoms with E-state index in [-0.39, 0.29) is 11.9 Å². The van der Waals surface area contributed by atoms with Crippen molar-refractivity contribution in [3.63, 3.8) is 0 Å². The van der Waals surface area contributed by atoms with Crippen molar-refractivity contribution in [2.45, 2.75) is 53.0 Å². The van der Waals surface area contributed by atoms with E-state index in [0.717, 1.165) is 37.0 Å². The minimum atomic E-state index is -0.0398. The number of aryl methyl sites for hydroxylation is 1. The second kappa shape index (κ2) is 5.98. The first-order chi connectivity index (χ1) is 10.9. The molecule has 6 nitrogen and oxygen atoms in total. The molecule has 0 spiro atoms. The van der Waals surface area contributed by atoms with E-state index in [9.17, 15) is 4.79 Å². The third-order valence-electron chi connectivity index (χ3n) is 4.66. The molecule has 3 heterocycles. The van der Waals surface area contributed by atoms with Gasteiger partial charge in [0.2, 0.25) is 5.96 Å². The molecule has 0 aromatic carbocycles. The maximum absolute atomic E-state index is 12.6. The normalized spacial score (nSPS) is 20.4. The van der Waals surface area contributed by atoms with Crippen LogP contribution in [0.3, 0.4) is 0 Å². The molecule has 0 saturated heterocycles. The quantitative estimate of drug-likeness (QED) is 0.908. The summed E-state index contributed by atoms with van der Waals surface area (Å²) in [5.41, 5.74) is 0.607. The summed E-state index contributed by atoms with van der Waals surface area (Å²) < 4.78 is 0. The number of rotatable bonds is 5. The summed E-state index contributed by atoms with van der Waals surface area (Å²) in [7, 11) is 1.79. The first kappa shape index (κ1) is 16.0. The van der Waals surface area contributed by atoms with Crippen LogP contribution in [0.2, 0.25) is 0 Å². The number of hydrogen-bond donors (Lipinski definition) is 1. The highest BCUT2D eigenvalue weighted by Crippen LogP contribution is 2.31. The molecule has 3 rings (SSSR count). The number of nitrogens with zero attached hydrogens (tertiary/aromatic N) is 4. The molecule has 2 aliphatic rings. The lowest BCUT2D eigenvalue weighted by Gasteiger charge is -2.30. The van der Waals surface area contributed by atoms with E-state index >= 15 is 0 Å². The molecule has 1 amide bonds. The Labute approximate surface area is 138 Å². The van der Waals surface area contributed by atoms with E-state index in [1.54, 1.807) is 11.9 Å². The highest BCUT2D eigenvalue weighted by molar-refractivity contribution is 6.17. The lowest BCUT2D eigenvalue weighted by molar-refractivity contribution is 0.0860. The second-order valence-corrected chi connectivity index (χ2v) is 7.38. The van der Waals surface area contributed by atoms with Gasteiger partial charge in [0.1, 0.15) is 11.5 Å². The van der Waals surface area contributed by atoms with E-state index in [0.29, 0.717) is 17.5 Å². The summed E-state index contributed by atoms with van der Waals surface area (Å²) in [5, 5.41) is 0. The van der Waals surface area contributed by atoms with E-state index in [4.69, 9.17) is 9.98 Å². The van der Waals surface area contributed by atoms with Gasteiger partial charge in [-0.05, 0) is 18.3 Å². The molecular formula is C17H27N5O. The van der Waals surface area contributed by atoms with Gasteiger partial charge < -0.3 is 4.98 Å². The standard InChI is InChI=1S/C17H27N5O/c1-10(2)7-6-8-13-19-14-15(20-13)22-9-12(11(3)4)18-17(22)21(5)16(14)23/h10-12H,6-9H2,1-5H3,(H,19,20). The summed E-state index contributed by atoms with van der Waals surface area (Å²) >= 11 is 0. The largest absolute Gasteiger partial charge is 0.336 e. The Morgan fingerprint density at radius 1 is 1.30 bits per heavy atom. The molecule has 1 N–H and O–H groups in total. The van der Waals surface area contributed by atoms with Crippen LogP contribution in [0.25, 0.3) is 0 Å². The predicted octanol–water partition coefficient (Wildman–Crippen LogP) is 2.67. The molecule has 23 heavy (non-hydrogen) atoms. The van der Waals surface area contributed by atoms with Crippen molar-refractivity contribution < 1.29 is 4.79 Å². The lowest BCUT2D eigenvalue weighted by atomic mass is 10.1. The molecule has 2 aliphatic heterocycles. The Morgan fingerprint density at radius 3 is 2.70 bits per heavy atom. The van der Waals surface area contributed by atoms with Crippen LogP contribution >= 0.6 is 0 Å². The monoisotopic (exact) mass is 317 g/mol. The van der Waals surface area contributed by atoms with Crippen molar-refractivity contribution >= 4 is 17.7 Å². The van der Waals surface area contributed by atoms with Crippen LogP contribution in [0.4, 0.5) is 5.82 Å². The number of anilines is 1. The summed E-state index contributed by atoms with van der Waals surface area (Å²) in [4.78, 5) is 29.0. The average molecular weight is 317 g/mol. The molecule has 0 fully saturated rings. The SMILES string of the molecule is CC(C)CCCc1nc2c([nH]1)C(=O)N(C)C1=NC(C(C)C)CN12. The van der Waals surface area contributed by atoms with Gasteiger partial charge in [0.25, 0.3) is 5.91 Å². The first-order valence-electron chi connectivity index (χ1n) is 8.60. The predicted molar refractivity (Wildman–Crippen MR) is 91.9 cm³/mol. The maximum Gasteiger partial charge on any atom is 0.280 e. The number of guanidine groups is 1. The van der Waals surface area contributed by atoms with Crippen molar-refractivity contribution in [1.82, 2.24) is 14.9 Å². The zero-order valence-electron chi connectivity index (χ0n) is 14.8. The lowest BCUT2D eigenvalue weighted by Crippen LogP contribution is -2.48. The second-order valence-electron chi connectivity index (χ2n) is 7.38. The topological polar surface area (TPSA) is 64.6 Å². The number of imidazole rings is 1. The molecule has 1 atom stereocenters. The van der Waals surface area contributed by atoms with Crippen LogP contribution in [0.5, 0.6) is 0 Å². The zero-order chi connectivity index (χ0) is 16.7. The zero-order valence-corrected chi connectivity index (χ0v) is 14.8. The van der Waals surface area contributed by atoms with Gasteiger partial charge in [-0.15, -0.1) is 0 Å². The number of aliphatic imine (C=N–C) groups is 1. The fourth-order valence-corrected chi connectivity index (χ4v) is 3.15.